The molecule has 0 atom stereocenters. The van der Waals surface area contributed by atoms with Crippen molar-refractivity contribution < 1.29 is 0 Å². The quantitative estimate of drug-likeness (QED) is 0.807. The lowest BCUT2D eigenvalue weighted by atomic mass is 9.97. The maximum absolute atomic E-state index is 5.94. The average Bonchev–Trinajstić information content (AvgIpc) is 2.80. The third-order valence-corrected chi connectivity index (χ3v) is 4.52. The number of piperidine rings is 1. The number of aryl methyl sites for hydroxylation is 1. The summed E-state index contributed by atoms with van der Waals surface area (Å²) < 4.78 is 2.40. The highest BCUT2D eigenvalue weighted by Gasteiger charge is 2.19. The SMILES string of the molecule is CN1CCC(Cn2c(CCCl)nc3ccccc32)CC1. The molecule has 0 spiro atoms. The molecule has 2 aromatic rings. The second-order valence-corrected chi connectivity index (χ2v) is 6.19. The van der Waals surface area contributed by atoms with Crippen LogP contribution in [0.3, 0.4) is 0 Å². The number of likely N-dealkylation sites (tertiary alicyclic amines) is 1. The fourth-order valence-corrected chi connectivity index (χ4v) is 3.28. The topological polar surface area (TPSA) is 21.1 Å². The van der Waals surface area contributed by atoms with E-state index in [1.54, 1.807) is 0 Å². The summed E-state index contributed by atoms with van der Waals surface area (Å²) in [6.07, 6.45) is 3.41. The van der Waals surface area contributed by atoms with Gasteiger partial charge in [0.05, 0.1) is 11.0 Å². The molecule has 108 valence electrons. The van der Waals surface area contributed by atoms with Gasteiger partial charge in [-0.1, -0.05) is 12.1 Å². The van der Waals surface area contributed by atoms with E-state index in [-0.39, 0.29) is 0 Å². The van der Waals surface area contributed by atoms with Crippen LogP contribution in [0.5, 0.6) is 0 Å². The van der Waals surface area contributed by atoms with Crippen molar-refractivity contribution in [2.45, 2.75) is 25.8 Å². The van der Waals surface area contributed by atoms with E-state index in [4.69, 9.17) is 16.6 Å². The molecule has 1 aliphatic heterocycles. The largest absolute Gasteiger partial charge is 0.328 e. The second-order valence-electron chi connectivity index (χ2n) is 5.81. The minimum atomic E-state index is 0.636. The van der Waals surface area contributed by atoms with Gasteiger partial charge in [0.1, 0.15) is 5.82 Å². The Morgan fingerprint density at radius 3 is 2.75 bits per heavy atom. The lowest BCUT2D eigenvalue weighted by Crippen LogP contribution is -2.32. The first kappa shape index (κ1) is 13.9. The van der Waals surface area contributed by atoms with Crippen molar-refractivity contribution in [3.8, 4) is 0 Å². The van der Waals surface area contributed by atoms with E-state index in [1.807, 2.05) is 0 Å². The molecule has 0 amide bonds. The van der Waals surface area contributed by atoms with Gasteiger partial charge in [-0.3, -0.25) is 0 Å². The molecule has 0 bridgehead atoms. The van der Waals surface area contributed by atoms with Crippen LogP contribution in [0.15, 0.2) is 24.3 Å². The van der Waals surface area contributed by atoms with Crippen LogP contribution in [0.2, 0.25) is 0 Å². The molecule has 20 heavy (non-hydrogen) atoms. The third-order valence-electron chi connectivity index (χ3n) is 4.33. The lowest BCUT2D eigenvalue weighted by Gasteiger charge is -2.29. The molecule has 0 aliphatic carbocycles. The van der Waals surface area contributed by atoms with Crippen molar-refractivity contribution in [3.05, 3.63) is 30.1 Å². The highest BCUT2D eigenvalue weighted by atomic mass is 35.5. The minimum absolute atomic E-state index is 0.636. The predicted molar refractivity (Wildman–Crippen MR) is 84.4 cm³/mol. The Bertz CT molecular complexity index is 570. The van der Waals surface area contributed by atoms with Crippen molar-refractivity contribution in [1.29, 1.82) is 0 Å². The van der Waals surface area contributed by atoms with Gasteiger partial charge in [-0.25, -0.2) is 4.98 Å². The Labute approximate surface area is 125 Å². The summed E-state index contributed by atoms with van der Waals surface area (Å²) in [4.78, 5) is 7.17. The number of hydrogen-bond acceptors (Lipinski definition) is 2. The van der Waals surface area contributed by atoms with Gasteiger partial charge < -0.3 is 9.47 Å². The van der Waals surface area contributed by atoms with Gasteiger partial charge in [-0.2, -0.15) is 0 Å². The summed E-state index contributed by atoms with van der Waals surface area (Å²) in [5.41, 5.74) is 2.35. The maximum atomic E-state index is 5.94. The molecule has 0 saturated carbocycles. The van der Waals surface area contributed by atoms with Crippen molar-refractivity contribution in [2.75, 3.05) is 26.0 Å². The van der Waals surface area contributed by atoms with E-state index in [0.717, 1.165) is 30.2 Å². The lowest BCUT2D eigenvalue weighted by molar-refractivity contribution is 0.205. The van der Waals surface area contributed by atoms with E-state index in [0.29, 0.717) is 5.88 Å². The van der Waals surface area contributed by atoms with E-state index >= 15 is 0 Å². The Morgan fingerprint density at radius 1 is 1.25 bits per heavy atom. The van der Waals surface area contributed by atoms with Crippen molar-refractivity contribution in [3.63, 3.8) is 0 Å². The van der Waals surface area contributed by atoms with Crippen molar-refractivity contribution in [1.82, 2.24) is 14.5 Å². The van der Waals surface area contributed by atoms with Gasteiger partial charge in [-0.15, -0.1) is 11.6 Å². The van der Waals surface area contributed by atoms with Crippen LogP contribution in [0, 0.1) is 5.92 Å². The molecule has 0 radical (unpaired) electrons. The fraction of sp³-hybridized carbons (Fsp3) is 0.562. The van der Waals surface area contributed by atoms with Crippen molar-refractivity contribution in [2.24, 2.45) is 5.92 Å². The zero-order chi connectivity index (χ0) is 13.9. The summed E-state index contributed by atoms with van der Waals surface area (Å²) in [7, 11) is 2.21. The molecule has 1 aromatic heterocycles. The van der Waals surface area contributed by atoms with Gasteiger partial charge in [0.2, 0.25) is 0 Å². The third kappa shape index (κ3) is 2.84. The molecule has 2 heterocycles. The van der Waals surface area contributed by atoms with Crippen LogP contribution in [0.4, 0.5) is 0 Å². The monoisotopic (exact) mass is 291 g/mol. The second kappa shape index (κ2) is 6.15. The molecule has 1 saturated heterocycles. The Morgan fingerprint density at radius 2 is 2.00 bits per heavy atom. The normalized spacial score (nSPS) is 17.9. The number of nitrogens with zero attached hydrogens (tertiary/aromatic N) is 3. The number of fused-ring (bicyclic) bond motifs is 1. The van der Waals surface area contributed by atoms with Gasteiger partial charge >= 0.3 is 0 Å². The number of para-hydroxylation sites is 2. The summed E-state index contributed by atoms with van der Waals surface area (Å²) in [5.74, 6) is 2.54. The van der Waals surface area contributed by atoms with E-state index in [9.17, 15) is 0 Å². The highest BCUT2D eigenvalue weighted by molar-refractivity contribution is 6.17. The number of aromatic nitrogens is 2. The molecular formula is C16H22ClN3. The number of halogens is 1. The molecule has 1 fully saturated rings. The first-order chi connectivity index (χ1) is 9.78. The molecule has 0 unspecified atom stereocenters. The molecule has 0 N–H and O–H groups in total. The fourth-order valence-electron chi connectivity index (χ4n) is 3.11. The minimum Gasteiger partial charge on any atom is -0.328 e. The Balaban J connectivity index is 1.86. The van der Waals surface area contributed by atoms with Crippen LogP contribution in [-0.2, 0) is 13.0 Å². The van der Waals surface area contributed by atoms with Crippen LogP contribution >= 0.6 is 11.6 Å². The first-order valence-corrected chi connectivity index (χ1v) is 8.00. The maximum Gasteiger partial charge on any atom is 0.111 e. The zero-order valence-corrected chi connectivity index (χ0v) is 12.8. The van der Waals surface area contributed by atoms with Gasteiger partial charge in [-0.05, 0) is 51.0 Å². The Hall–Kier alpha value is -1.06. The number of imidazole rings is 1. The average molecular weight is 292 g/mol. The van der Waals surface area contributed by atoms with Crippen LogP contribution in [0.1, 0.15) is 18.7 Å². The zero-order valence-electron chi connectivity index (χ0n) is 12.1. The number of alkyl halides is 1. The van der Waals surface area contributed by atoms with Crippen LogP contribution in [0.25, 0.3) is 11.0 Å². The van der Waals surface area contributed by atoms with E-state index in [2.05, 4.69) is 40.8 Å². The summed E-state index contributed by atoms with van der Waals surface area (Å²) in [6.45, 7) is 3.50. The standard InChI is InChI=1S/C16H22ClN3/c1-19-10-7-13(8-11-19)12-20-15-5-3-2-4-14(15)18-16(20)6-9-17/h2-5,13H,6-12H2,1H3. The van der Waals surface area contributed by atoms with E-state index in [1.165, 1.54) is 31.4 Å². The van der Waals surface area contributed by atoms with Gasteiger partial charge in [0, 0.05) is 18.8 Å². The van der Waals surface area contributed by atoms with Crippen LogP contribution < -0.4 is 0 Å². The summed E-state index contributed by atoms with van der Waals surface area (Å²) in [6, 6.07) is 8.42. The van der Waals surface area contributed by atoms with Gasteiger partial charge in [0.25, 0.3) is 0 Å². The Kier molecular flexibility index (Phi) is 4.27. The summed E-state index contributed by atoms with van der Waals surface area (Å²) >= 11 is 5.94. The molecule has 4 heteroatoms. The smallest absolute Gasteiger partial charge is 0.111 e. The molecular weight excluding hydrogens is 270 g/mol. The van der Waals surface area contributed by atoms with Gasteiger partial charge in [0.15, 0.2) is 0 Å². The number of hydrogen-bond donors (Lipinski definition) is 0. The molecule has 1 aromatic carbocycles. The number of rotatable bonds is 4. The first-order valence-electron chi connectivity index (χ1n) is 7.46. The molecule has 1 aliphatic rings. The predicted octanol–water partition coefficient (Wildman–Crippen LogP) is 3.16. The van der Waals surface area contributed by atoms with Crippen molar-refractivity contribution >= 4 is 22.6 Å². The molecule has 3 rings (SSSR count). The summed E-state index contributed by atoms with van der Waals surface area (Å²) in [5, 5.41) is 0. The number of benzene rings is 1. The van der Waals surface area contributed by atoms with E-state index < -0.39 is 0 Å². The van der Waals surface area contributed by atoms with Crippen LogP contribution in [-0.4, -0.2) is 40.5 Å². The highest BCUT2D eigenvalue weighted by Crippen LogP contribution is 2.23. The molecule has 3 nitrogen and oxygen atoms in total.